The molecule has 1 fully saturated rings. The van der Waals surface area contributed by atoms with Crippen molar-refractivity contribution in [2.24, 2.45) is 0 Å². The number of ether oxygens (including phenoxy) is 2. The number of nitrogens with zero attached hydrogens (tertiary/aromatic N) is 3. The molecule has 34 heavy (non-hydrogen) atoms. The molecule has 2 heterocycles. The number of rotatable bonds is 2. The molecule has 0 spiro atoms. The molecule has 1 unspecified atom stereocenters. The smallest absolute Gasteiger partial charge is 0.411 e. The second-order valence-electron chi connectivity index (χ2n) is 9.75. The first kappa shape index (κ1) is 24.3. The molecule has 1 aliphatic heterocycles. The van der Waals surface area contributed by atoms with Gasteiger partial charge in [0, 0.05) is 29.7 Å². The molecule has 0 bridgehead atoms. The van der Waals surface area contributed by atoms with E-state index < -0.39 is 23.7 Å². The van der Waals surface area contributed by atoms with E-state index in [1.807, 2.05) is 6.07 Å². The fourth-order valence-electron chi connectivity index (χ4n) is 4.53. The average molecular weight is 488 g/mol. The summed E-state index contributed by atoms with van der Waals surface area (Å²) in [6.45, 7) is 5.72. The molecule has 1 aromatic heterocycles. The maximum atomic E-state index is 13.4. The maximum Gasteiger partial charge on any atom is 0.411 e. The van der Waals surface area contributed by atoms with Gasteiger partial charge in [0.25, 0.3) is 5.91 Å². The number of amides is 2. The summed E-state index contributed by atoms with van der Waals surface area (Å²) in [6.07, 6.45) is 3.39. The van der Waals surface area contributed by atoms with Crippen LogP contribution >= 0.6 is 11.6 Å². The van der Waals surface area contributed by atoms with Crippen LogP contribution in [0.25, 0.3) is 10.9 Å². The molecule has 1 aliphatic carbocycles. The third-order valence-corrected chi connectivity index (χ3v) is 6.64. The number of halogens is 1. The molecule has 1 saturated heterocycles. The van der Waals surface area contributed by atoms with Crippen LogP contribution in [-0.4, -0.2) is 71.1 Å². The second-order valence-corrected chi connectivity index (χ2v) is 10.1. The van der Waals surface area contributed by atoms with Crippen LogP contribution in [0.15, 0.2) is 18.2 Å². The summed E-state index contributed by atoms with van der Waals surface area (Å²) in [4.78, 5) is 46.2. The van der Waals surface area contributed by atoms with Gasteiger partial charge in [-0.25, -0.2) is 9.59 Å². The van der Waals surface area contributed by atoms with E-state index in [1.165, 1.54) is 12.0 Å². The average Bonchev–Trinajstić information content (AvgIpc) is 2.81. The fraction of sp³-hybridized carbons (Fsp3) is 0.520. The predicted molar refractivity (Wildman–Crippen MR) is 128 cm³/mol. The van der Waals surface area contributed by atoms with Gasteiger partial charge in [0.15, 0.2) is 6.04 Å². The zero-order chi connectivity index (χ0) is 24.6. The lowest BCUT2D eigenvalue weighted by Crippen LogP contribution is -2.60. The molecular formula is C25H30ClN3O5. The van der Waals surface area contributed by atoms with Crippen molar-refractivity contribution in [2.75, 3.05) is 26.7 Å². The van der Waals surface area contributed by atoms with E-state index in [0.29, 0.717) is 11.1 Å². The van der Waals surface area contributed by atoms with Gasteiger partial charge in [-0.15, -0.1) is 0 Å². The van der Waals surface area contributed by atoms with Gasteiger partial charge >= 0.3 is 12.1 Å². The summed E-state index contributed by atoms with van der Waals surface area (Å²) in [5, 5.41) is 1.55. The number of pyridine rings is 1. The van der Waals surface area contributed by atoms with E-state index in [2.05, 4.69) is 0 Å². The van der Waals surface area contributed by atoms with Crippen molar-refractivity contribution in [3.8, 4) is 0 Å². The Labute approximate surface area is 204 Å². The molecular weight excluding hydrogens is 458 g/mol. The highest BCUT2D eigenvalue weighted by molar-refractivity contribution is 6.36. The highest BCUT2D eigenvalue weighted by Gasteiger charge is 2.39. The second kappa shape index (κ2) is 9.41. The van der Waals surface area contributed by atoms with Crippen LogP contribution in [0.5, 0.6) is 0 Å². The summed E-state index contributed by atoms with van der Waals surface area (Å²) in [7, 11) is 1.26. The summed E-state index contributed by atoms with van der Waals surface area (Å²) in [5.74, 6) is -0.836. The lowest BCUT2D eigenvalue weighted by molar-refractivity contribution is -0.148. The van der Waals surface area contributed by atoms with Crippen LogP contribution in [0.2, 0.25) is 5.02 Å². The van der Waals surface area contributed by atoms with Crippen LogP contribution in [0, 0.1) is 0 Å². The Kier molecular flexibility index (Phi) is 6.71. The molecule has 1 atom stereocenters. The number of benzene rings is 1. The number of aromatic nitrogens is 1. The summed E-state index contributed by atoms with van der Waals surface area (Å²) >= 11 is 6.67. The van der Waals surface area contributed by atoms with Gasteiger partial charge in [0.2, 0.25) is 0 Å². The van der Waals surface area contributed by atoms with Crippen molar-refractivity contribution in [1.82, 2.24) is 14.8 Å². The minimum Gasteiger partial charge on any atom is -0.467 e. The molecule has 0 saturated carbocycles. The van der Waals surface area contributed by atoms with Crippen molar-refractivity contribution in [1.29, 1.82) is 0 Å². The molecule has 8 nitrogen and oxygen atoms in total. The molecule has 2 aliphatic rings. The highest BCUT2D eigenvalue weighted by atomic mass is 35.5. The minimum absolute atomic E-state index is 0.0150. The largest absolute Gasteiger partial charge is 0.467 e. The van der Waals surface area contributed by atoms with Gasteiger partial charge in [-0.1, -0.05) is 17.7 Å². The number of piperazine rings is 1. The van der Waals surface area contributed by atoms with Gasteiger partial charge < -0.3 is 14.4 Å². The van der Waals surface area contributed by atoms with Gasteiger partial charge in [0.1, 0.15) is 5.60 Å². The van der Waals surface area contributed by atoms with Crippen molar-refractivity contribution >= 4 is 40.5 Å². The van der Waals surface area contributed by atoms with Crippen LogP contribution in [0.1, 0.15) is 55.2 Å². The first-order valence-electron chi connectivity index (χ1n) is 11.6. The van der Waals surface area contributed by atoms with Crippen LogP contribution < -0.4 is 0 Å². The van der Waals surface area contributed by atoms with Crippen molar-refractivity contribution in [3.05, 3.63) is 40.0 Å². The quantitative estimate of drug-likeness (QED) is 0.595. The monoisotopic (exact) mass is 487 g/mol. The first-order valence-corrected chi connectivity index (χ1v) is 11.9. The Bertz CT molecular complexity index is 1140. The van der Waals surface area contributed by atoms with Gasteiger partial charge in [-0.05, 0) is 64.2 Å². The Morgan fingerprint density at radius 3 is 2.56 bits per heavy atom. The summed E-state index contributed by atoms with van der Waals surface area (Å²) in [5.41, 5.74) is 2.56. The van der Waals surface area contributed by atoms with Gasteiger partial charge in [0.05, 0.1) is 24.2 Å². The number of fused-ring (bicyclic) bond motifs is 2. The van der Waals surface area contributed by atoms with Crippen LogP contribution in [0.4, 0.5) is 4.79 Å². The third kappa shape index (κ3) is 4.82. The van der Waals surface area contributed by atoms with Gasteiger partial charge in [-0.2, -0.15) is 0 Å². The van der Waals surface area contributed by atoms with E-state index in [-0.39, 0.29) is 25.5 Å². The first-order chi connectivity index (χ1) is 16.1. The molecule has 2 aromatic rings. The third-order valence-electron chi connectivity index (χ3n) is 6.21. The molecule has 182 valence electrons. The number of carbonyl (C=O) groups is 3. The lowest BCUT2D eigenvalue weighted by atomic mass is 9.94. The molecule has 0 N–H and O–H groups in total. The van der Waals surface area contributed by atoms with Crippen molar-refractivity contribution in [3.63, 3.8) is 0 Å². The Morgan fingerprint density at radius 1 is 1.12 bits per heavy atom. The molecule has 2 amide bonds. The minimum atomic E-state index is -0.947. The van der Waals surface area contributed by atoms with Crippen LogP contribution in [-0.2, 0) is 27.1 Å². The van der Waals surface area contributed by atoms with Crippen molar-refractivity contribution in [2.45, 2.75) is 58.1 Å². The number of aryl methyl sites for hydroxylation is 1. The zero-order valence-corrected chi connectivity index (χ0v) is 20.8. The van der Waals surface area contributed by atoms with E-state index in [4.69, 9.17) is 26.1 Å². The number of methoxy groups -OCH3 is 1. The Balaban J connectivity index is 1.58. The van der Waals surface area contributed by atoms with Crippen LogP contribution in [0.3, 0.4) is 0 Å². The number of esters is 1. The lowest BCUT2D eigenvalue weighted by Gasteiger charge is -2.40. The maximum absolute atomic E-state index is 13.4. The van der Waals surface area contributed by atoms with E-state index >= 15 is 0 Å². The van der Waals surface area contributed by atoms with Gasteiger partial charge in [-0.3, -0.25) is 14.7 Å². The van der Waals surface area contributed by atoms with E-state index in [1.54, 1.807) is 37.8 Å². The van der Waals surface area contributed by atoms with E-state index in [9.17, 15) is 14.4 Å². The highest BCUT2D eigenvalue weighted by Crippen LogP contribution is 2.33. The Morgan fingerprint density at radius 2 is 1.85 bits per heavy atom. The predicted octanol–water partition coefficient (Wildman–Crippen LogP) is 4.00. The molecule has 0 radical (unpaired) electrons. The normalized spacial score (nSPS) is 18.4. The zero-order valence-electron chi connectivity index (χ0n) is 20.0. The molecule has 1 aromatic carbocycles. The number of carbonyl (C=O) groups excluding carboxylic acids is 3. The topological polar surface area (TPSA) is 89.0 Å². The SMILES string of the molecule is COC(=O)C1CN(C(=O)c2ccc3c(Cl)c4c(nc3c2)CCCC4)CCN1C(=O)OC(C)(C)C. The standard InChI is InChI=1S/C25H30ClN3O5/c1-25(2,3)34-24(32)29-12-11-28(14-20(29)23(31)33-4)22(30)15-9-10-17-19(13-15)27-18-8-6-5-7-16(18)21(17)26/h9-10,13,20H,5-8,11-12,14H2,1-4H3. The summed E-state index contributed by atoms with van der Waals surface area (Å²) < 4.78 is 10.3. The van der Waals surface area contributed by atoms with Crippen molar-refractivity contribution < 1.29 is 23.9 Å². The molecule has 9 heteroatoms. The number of hydrogen-bond donors (Lipinski definition) is 0. The molecule has 4 rings (SSSR count). The summed E-state index contributed by atoms with van der Waals surface area (Å²) in [6, 6.07) is 4.38. The number of hydrogen-bond acceptors (Lipinski definition) is 6. The Hall–Kier alpha value is -2.87. The van der Waals surface area contributed by atoms with E-state index in [0.717, 1.165) is 47.3 Å². The fourth-order valence-corrected chi connectivity index (χ4v) is 4.89.